The molecule has 45 heavy (non-hydrogen) atoms. The van der Waals surface area contributed by atoms with Crippen molar-refractivity contribution in [2.75, 3.05) is 32.5 Å². The number of imidazole rings is 1. The van der Waals surface area contributed by atoms with E-state index in [2.05, 4.69) is 61.0 Å². The van der Waals surface area contributed by atoms with Gasteiger partial charge in [-0.25, -0.2) is 14.4 Å². The quantitative estimate of drug-likeness (QED) is 0.183. The number of allylic oxidation sites excluding steroid dienone is 2. The van der Waals surface area contributed by atoms with Crippen molar-refractivity contribution in [3.63, 3.8) is 0 Å². The number of anilines is 1. The molecular formula is C36H41FN8. The standard InChI is InChI=1S/C36H41FN8/c1-23(28-17-26(21-38-22-28)16-25-8-6-5-7-9-25)10-11-32-24(2)33(44-43-32)36-41-34-31(12-13-40-35(34)42-36)27-18-29(37)20-30(19-27)39-14-15-45(3)4/h10-13,17-22,25,39,43H,2,5-9,14-16H2,1,3-4H3,(H,40,41,42)/b23-10+,32-11+. The Balaban J connectivity index is 1.25. The van der Waals surface area contributed by atoms with Crippen LogP contribution >= 0.6 is 0 Å². The molecular weight excluding hydrogens is 563 g/mol. The molecule has 0 bridgehead atoms. The van der Waals surface area contributed by atoms with Crippen LogP contribution in [0.25, 0.3) is 52.0 Å². The summed E-state index contributed by atoms with van der Waals surface area (Å²) in [6.45, 7) is 7.94. The summed E-state index contributed by atoms with van der Waals surface area (Å²) in [5.74, 6) is 1.01. The summed E-state index contributed by atoms with van der Waals surface area (Å²) in [5, 5.41) is 12.5. The highest BCUT2D eigenvalue weighted by atomic mass is 19.1. The number of aromatic nitrogens is 6. The number of H-pyrrole nitrogens is 2. The molecule has 8 nitrogen and oxygen atoms in total. The van der Waals surface area contributed by atoms with E-state index in [0.29, 0.717) is 29.2 Å². The van der Waals surface area contributed by atoms with E-state index in [1.54, 1.807) is 6.20 Å². The molecule has 0 amide bonds. The summed E-state index contributed by atoms with van der Waals surface area (Å²) in [5.41, 5.74) is 7.65. The third-order valence-electron chi connectivity index (χ3n) is 8.61. The number of aromatic amines is 2. The average Bonchev–Trinajstić information content (AvgIpc) is 3.63. The number of fused-ring (bicyclic) bond motifs is 1. The number of nitrogens with one attached hydrogen (secondary N) is 3. The van der Waals surface area contributed by atoms with Crippen LogP contribution in [0.1, 0.15) is 50.2 Å². The van der Waals surface area contributed by atoms with Crippen LogP contribution in [0.5, 0.6) is 0 Å². The first kappa shape index (κ1) is 30.4. The maximum atomic E-state index is 14.7. The molecule has 1 aliphatic rings. The van der Waals surface area contributed by atoms with E-state index in [1.807, 2.05) is 44.7 Å². The number of likely N-dealkylation sites (N-methyl/N-ethyl adjacent to an activating group) is 1. The number of pyridine rings is 2. The van der Waals surface area contributed by atoms with Gasteiger partial charge in [0.1, 0.15) is 11.5 Å². The molecule has 4 heterocycles. The monoisotopic (exact) mass is 604 g/mol. The van der Waals surface area contributed by atoms with E-state index in [0.717, 1.165) is 57.4 Å². The number of nitrogens with zero attached hydrogens (tertiary/aromatic N) is 5. The molecule has 6 rings (SSSR count). The molecule has 0 aliphatic heterocycles. The normalized spacial score (nSPS) is 15.0. The molecule has 3 N–H and O–H groups in total. The first-order valence-corrected chi connectivity index (χ1v) is 15.7. The Hall–Kier alpha value is -4.63. The first-order valence-electron chi connectivity index (χ1n) is 15.7. The SMILES string of the molecule is C=c1c(-c2nc3nccc(-c4cc(F)cc(NCCN(C)C)c4)c3[nH]2)n[nH]/c1=C/C=C(\C)c1cncc(CC2CCCCC2)c1. The zero-order valence-electron chi connectivity index (χ0n) is 26.3. The van der Waals surface area contributed by atoms with Gasteiger partial charge >= 0.3 is 0 Å². The van der Waals surface area contributed by atoms with Crippen LogP contribution in [0.3, 0.4) is 0 Å². The van der Waals surface area contributed by atoms with Crippen LogP contribution < -0.4 is 15.9 Å². The maximum Gasteiger partial charge on any atom is 0.178 e. The smallest absolute Gasteiger partial charge is 0.178 e. The number of rotatable bonds is 10. The minimum atomic E-state index is -0.313. The molecule has 0 atom stereocenters. The van der Waals surface area contributed by atoms with Crippen molar-refractivity contribution in [1.82, 2.24) is 35.0 Å². The van der Waals surface area contributed by atoms with Crippen LogP contribution in [-0.2, 0) is 6.42 Å². The van der Waals surface area contributed by atoms with Gasteiger partial charge < -0.3 is 15.2 Å². The van der Waals surface area contributed by atoms with Crippen molar-refractivity contribution >= 4 is 35.1 Å². The maximum absolute atomic E-state index is 14.7. The van der Waals surface area contributed by atoms with Crippen LogP contribution in [0.4, 0.5) is 10.1 Å². The van der Waals surface area contributed by atoms with E-state index >= 15 is 0 Å². The molecule has 0 saturated heterocycles. The highest BCUT2D eigenvalue weighted by Gasteiger charge is 2.16. The summed E-state index contributed by atoms with van der Waals surface area (Å²) in [6.07, 6.45) is 17.5. The van der Waals surface area contributed by atoms with Gasteiger partial charge in [0.25, 0.3) is 0 Å². The second-order valence-electron chi connectivity index (χ2n) is 12.4. The molecule has 5 aromatic rings. The van der Waals surface area contributed by atoms with E-state index in [1.165, 1.54) is 49.8 Å². The van der Waals surface area contributed by atoms with Crippen molar-refractivity contribution in [1.29, 1.82) is 0 Å². The summed E-state index contributed by atoms with van der Waals surface area (Å²) in [7, 11) is 4.01. The van der Waals surface area contributed by atoms with Gasteiger partial charge in [-0.3, -0.25) is 10.1 Å². The summed E-state index contributed by atoms with van der Waals surface area (Å²) >= 11 is 0. The molecule has 232 valence electrons. The second-order valence-corrected chi connectivity index (χ2v) is 12.4. The number of benzene rings is 1. The zero-order chi connectivity index (χ0) is 31.3. The van der Waals surface area contributed by atoms with Crippen molar-refractivity contribution in [2.24, 2.45) is 5.92 Å². The lowest BCUT2D eigenvalue weighted by molar-refractivity contribution is 0.356. The summed E-state index contributed by atoms with van der Waals surface area (Å²) in [4.78, 5) is 19.2. The molecule has 0 spiro atoms. The van der Waals surface area contributed by atoms with Crippen molar-refractivity contribution in [3.8, 4) is 22.6 Å². The van der Waals surface area contributed by atoms with Crippen molar-refractivity contribution in [3.05, 3.63) is 82.5 Å². The fourth-order valence-electron chi connectivity index (χ4n) is 6.09. The van der Waals surface area contributed by atoms with Gasteiger partial charge in [-0.1, -0.05) is 44.8 Å². The molecule has 1 fully saturated rings. The topological polar surface area (TPSA) is 98.4 Å². The van der Waals surface area contributed by atoms with E-state index in [4.69, 9.17) is 4.98 Å². The lowest BCUT2D eigenvalue weighted by Gasteiger charge is -2.21. The van der Waals surface area contributed by atoms with E-state index in [-0.39, 0.29) is 5.82 Å². The van der Waals surface area contributed by atoms with Gasteiger partial charge in [0, 0.05) is 48.1 Å². The van der Waals surface area contributed by atoms with Crippen LogP contribution in [0.15, 0.2) is 55.0 Å². The van der Waals surface area contributed by atoms with Crippen molar-refractivity contribution in [2.45, 2.75) is 45.4 Å². The second kappa shape index (κ2) is 13.6. The third-order valence-corrected chi connectivity index (χ3v) is 8.61. The van der Waals surface area contributed by atoms with Gasteiger partial charge in [-0.15, -0.1) is 0 Å². The molecule has 4 aromatic heterocycles. The highest BCUT2D eigenvalue weighted by Crippen LogP contribution is 2.30. The van der Waals surface area contributed by atoms with Gasteiger partial charge in [0.05, 0.1) is 10.9 Å². The Morgan fingerprint density at radius 3 is 2.80 bits per heavy atom. The van der Waals surface area contributed by atoms with Crippen LogP contribution in [0.2, 0.25) is 0 Å². The van der Waals surface area contributed by atoms with Crippen LogP contribution in [0, 0.1) is 11.7 Å². The Morgan fingerprint density at radius 2 is 1.98 bits per heavy atom. The summed E-state index contributed by atoms with van der Waals surface area (Å²) in [6, 6.07) is 9.11. The van der Waals surface area contributed by atoms with Gasteiger partial charge in [-0.05, 0) is 92.0 Å². The molecule has 1 aliphatic carbocycles. The lowest BCUT2D eigenvalue weighted by atomic mass is 9.85. The number of halogens is 1. The van der Waals surface area contributed by atoms with Crippen molar-refractivity contribution < 1.29 is 4.39 Å². The fraction of sp³-hybridized carbons (Fsp3) is 0.333. The minimum absolute atomic E-state index is 0.313. The third kappa shape index (κ3) is 7.20. The summed E-state index contributed by atoms with van der Waals surface area (Å²) < 4.78 is 14.7. The van der Waals surface area contributed by atoms with E-state index in [9.17, 15) is 4.39 Å². The Morgan fingerprint density at radius 1 is 1.13 bits per heavy atom. The number of hydrogen-bond acceptors (Lipinski definition) is 6. The van der Waals surface area contributed by atoms with Crippen LogP contribution in [-0.4, -0.2) is 62.2 Å². The molecule has 1 aromatic carbocycles. The predicted molar refractivity (Wildman–Crippen MR) is 181 cm³/mol. The Labute approximate surface area is 263 Å². The molecule has 0 radical (unpaired) electrons. The van der Waals surface area contributed by atoms with Gasteiger partial charge in [0.15, 0.2) is 11.5 Å². The Kier molecular flexibility index (Phi) is 9.16. The van der Waals surface area contributed by atoms with E-state index < -0.39 is 0 Å². The minimum Gasteiger partial charge on any atom is -0.384 e. The zero-order valence-corrected chi connectivity index (χ0v) is 26.3. The van der Waals surface area contributed by atoms with Gasteiger partial charge in [0.2, 0.25) is 0 Å². The van der Waals surface area contributed by atoms with Gasteiger partial charge in [-0.2, -0.15) is 5.10 Å². The highest BCUT2D eigenvalue weighted by molar-refractivity contribution is 5.92. The molecule has 9 heteroatoms. The first-order chi connectivity index (χ1) is 21.8. The predicted octanol–water partition coefficient (Wildman–Crippen LogP) is 5.94. The Bertz CT molecular complexity index is 1930. The molecule has 0 unspecified atom stereocenters. The average molecular weight is 605 g/mol. The number of hydrogen-bond donors (Lipinski definition) is 3. The lowest BCUT2D eigenvalue weighted by Crippen LogP contribution is -2.21. The molecule has 1 saturated carbocycles. The fourth-order valence-corrected chi connectivity index (χ4v) is 6.09. The largest absolute Gasteiger partial charge is 0.384 e.